The monoisotopic (exact) mass is 1500 g/mol. The van der Waals surface area contributed by atoms with E-state index in [1.807, 2.05) is 78.3 Å². The Bertz CT molecular complexity index is 5510. The lowest BCUT2D eigenvalue weighted by Gasteiger charge is -2.34. The summed E-state index contributed by atoms with van der Waals surface area (Å²) in [4.78, 5) is 52.8. The number of pyridine rings is 3. The van der Waals surface area contributed by atoms with Gasteiger partial charge in [0.2, 0.25) is 17.8 Å². The molecule has 113 heavy (non-hydrogen) atoms. The van der Waals surface area contributed by atoms with Crippen molar-refractivity contribution >= 4 is 11.7 Å². The van der Waals surface area contributed by atoms with Gasteiger partial charge in [-0.15, -0.1) is 10.2 Å². The molecular formula is C92H98N18O3. The maximum atomic E-state index is 11.5. The molecule has 0 saturated carbocycles. The van der Waals surface area contributed by atoms with Gasteiger partial charge in [0.15, 0.2) is 5.78 Å². The lowest BCUT2D eigenvalue weighted by molar-refractivity contribution is 0.0723. The molecule has 14 aromatic rings. The molecule has 0 fully saturated rings. The first-order valence-electron chi connectivity index (χ1n) is 38.0. The van der Waals surface area contributed by atoms with Gasteiger partial charge in [-0.1, -0.05) is 114 Å². The van der Waals surface area contributed by atoms with Gasteiger partial charge in [-0.2, -0.15) is 20.4 Å². The number of aromatic nitrogens is 17. The number of hydrogen-bond donors (Lipinski definition) is 3. The molecule has 0 saturated heterocycles. The molecule has 0 amide bonds. The standard InChI is InChI=1S/C33H36N6O.C32H32N6O.C27H30N6O/c1-21(2)33(7,30-16-12-25(18-34-30)28-15-17-29(38-37-28)32(5,6)40)27-13-10-24(11-14-27)26-19-35-31(36-20-26)39-22(3)8-9-23(39)4;1-20(2)32(6,30-16-11-25(17-33-30)29-15-14-28(23(5)39)36-37-29)27-12-9-24(10-13-27)26-18-34-31(35-19-26)38-21(3)7-8-22(38)4;1-17(2)27(5,21-9-6-18(7-10-21)20-15-30-25(28)31-16-20)24-12-8-19(14-29-24)22-11-13-23(33-32-22)26(3,4)34/h8-21,40H,1-7H3;7-20H,1-6H3;6-17,34H,1-5H3,(H2,28,30,31). The molecule has 0 aliphatic carbocycles. The summed E-state index contributed by atoms with van der Waals surface area (Å²) in [6.07, 6.45) is 16.5. The highest BCUT2D eigenvalue weighted by Gasteiger charge is 2.37. The van der Waals surface area contributed by atoms with Crippen LogP contribution in [0, 0.1) is 45.4 Å². The average molecular weight is 1500 g/mol. The van der Waals surface area contributed by atoms with Gasteiger partial charge in [0, 0.05) is 135 Å². The van der Waals surface area contributed by atoms with Gasteiger partial charge in [-0.3, -0.25) is 28.9 Å². The van der Waals surface area contributed by atoms with E-state index in [4.69, 9.17) is 20.7 Å². The van der Waals surface area contributed by atoms with Crippen molar-refractivity contribution in [3.8, 4) is 79.0 Å². The number of nitrogen functional groups attached to an aromatic ring is 1. The summed E-state index contributed by atoms with van der Waals surface area (Å²) in [7, 11) is 0. The van der Waals surface area contributed by atoms with E-state index >= 15 is 0 Å². The number of hydrogen-bond acceptors (Lipinski definition) is 19. The first kappa shape index (κ1) is 80.1. The van der Waals surface area contributed by atoms with Gasteiger partial charge in [0.05, 0.1) is 45.6 Å². The van der Waals surface area contributed by atoms with Gasteiger partial charge in [-0.25, -0.2) is 29.9 Å². The second-order valence-corrected chi connectivity index (χ2v) is 31.5. The summed E-state index contributed by atoms with van der Waals surface area (Å²) in [5.74, 6) is 2.43. The Hall–Kier alpha value is -12.5. The minimum atomic E-state index is -1.03. The van der Waals surface area contributed by atoms with Gasteiger partial charge in [0.25, 0.3) is 0 Å². The summed E-state index contributed by atoms with van der Waals surface area (Å²) >= 11 is 0. The summed E-state index contributed by atoms with van der Waals surface area (Å²) < 4.78 is 4.10. The second-order valence-electron chi connectivity index (χ2n) is 31.5. The van der Waals surface area contributed by atoms with Crippen LogP contribution >= 0.6 is 0 Å². The number of Topliss-reactive ketones (excluding diaryl/α,β-unsaturated/α-hetero) is 1. The van der Waals surface area contributed by atoms with Crippen molar-refractivity contribution in [1.82, 2.24) is 84.6 Å². The molecule has 3 unspecified atom stereocenters. The zero-order valence-electron chi connectivity index (χ0n) is 67.6. The van der Waals surface area contributed by atoms with Crippen molar-refractivity contribution in [2.75, 3.05) is 5.73 Å². The number of nitrogens with zero attached hydrogens (tertiary/aromatic N) is 17. The third-order valence-corrected chi connectivity index (χ3v) is 22.2. The van der Waals surface area contributed by atoms with E-state index in [0.717, 1.165) is 95.6 Å². The van der Waals surface area contributed by atoms with Crippen molar-refractivity contribution in [2.45, 2.75) is 152 Å². The van der Waals surface area contributed by atoms with Crippen molar-refractivity contribution in [3.63, 3.8) is 0 Å². The molecule has 21 nitrogen and oxygen atoms in total. The molecular weight excluding hydrogens is 1410 g/mol. The molecule has 11 aromatic heterocycles. The Morgan fingerprint density at radius 2 is 0.566 bits per heavy atom. The van der Waals surface area contributed by atoms with Crippen molar-refractivity contribution in [3.05, 3.63) is 299 Å². The SMILES string of the molecule is CC(=O)c1ccc(-c2ccc(C(C)(c3ccc(-c4cnc(-n5c(C)ccc5C)nc4)cc3)C(C)C)nc2)nn1.CC(C)C(C)(c1ccc(-c2cnc(N)nc2)cc1)c1ccc(-c2ccc(C(C)(C)O)nn2)cn1.Cc1ccc(C)n1-c1ncc(-c2ccc(C(C)(c3ccc(-c4ccc(C(C)(C)O)nn4)cn3)C(C)C)cc2)cn1. The van der Waals surface area contributed by atoms with Gasteiger partial charge in [0.1, 0.15) is 16.9 Å². The third-order valence-electron chi connectivity index (χ3n) is 22.2. The number of rotatable bonds is 20. The maximum absolute atomic E-state index is 11.5. The molecule has 0 bridgehead atoms. The normalized spacial score (nSPS) is 13.3. The summed E-state index contributed by atoms with van der Waals surface area (Å²) in [5, 5.41) is 45.4. The van der Waals surface area contributed by atoms with Crippen LogP contribution < -0.4 is 5.73 Å². The number of aliphatic hydroxyl groups is 2. The Labute approximate surface area is 661 Å². The van der Waals surface area contributed by atoms with Crippen LogP contribution in [0.3, 0.4) is 0 Å². The number of carbonyl (C=O) groups excluding carboxylic acids is 1. The van der Waals surface area contributed by atoms with E-state index in [0.29, 0.717) is 58.1 Å². The predicted molar refractivity (Wildman–Crippen MR) is 445 cm³/mol. The summed E-state index contributed by atoms with van der Waals surface area (Å²) in [6.45, 7) is 36.5. The fourth-order valence-electron chi connectivity index (χ4n) is 13.8. The van der Waals surface area contributed by atoms with Crippen LogP contribution in [-0.2, 0) is 27.4 Å². The van der Waals surface area contributed by atoms with E-state index in [1.54, 1.807) is 64.4 Å². The second kappa shape index (κ2) is 32.8. The molecule has 3 atom stereocenters. The first-order valence-corrected chi connectivity index (χ1v) is 38.0. The molecule has 0 spiro atoms. The van der Waals surface area contributed by atoms with Crippen LogP contribution in [0.25, 0.3) is 79.0 Å². The van der Waals surface area contributed by atoms with Gasteiger partial charge in [-0.05, 0) is 224 Å². The van der Waals surface area contributed by atoms with E-state index in [1.165, 1.54) is 23.6 Å². The Balaban J connectivity index is 0.000000158. The number of benzene rings is 3. The highest BCUT2D eigenvalue weighted by Crippen LogP contribution is 2.43. The van der Waals surface area contributed by atoms with Crippen LogP contribution in [0.1, 0.15) is 175 Å². The summed E-state index contributed by atoms with van der Waals surface area (Å²) in [5.41, 5.74) is 25.8. The Morgan fingerprint density at radius 1 is 0.310 bits per heavy atom. The van der Waals surface area contributed by atoms with Crippen LogP contribution in [0.4, 0.5) is 5.95 Å². The first-order chi connectivity index (χ1) is 53.7. The largest absolute Gasteiger partial charge is 0.384 e. The molecule has 11 heterocycles. The highest BCUT2D eigenvalue weighted by atomic mass is 16.3. The minimum Gasteiger partial charge on any atom is -0.384 e. The number of nitrogens with two attached hydrogens (primary N) is 1. The average Bonchev–Trinajstić information content (AvgIpc) is 1.29. The zero-order valence-corrected chi connectivity index (χ0v) is 67.6. The number of ketones is 1. The fraction of sp³-hybridized carbons (Fsp3) is 0.283. The zero-order chi connectivity index (χ0) is 80.9. The molecule has 14 rings (SSSR count). The minimum absolute atomic E-state index is 0.104. The molecule has 4 N–H and O–H groups in total. The molecule has 3 aromatic carbocycles. The highest BCUT2D eigenvalue weighted by molar-refractivity contribution is 5.92. The maximum Gasteiger partial charge on any atom is 0.234 e. The molecule has 0 aliphatic heterocycles. The quantitative estimate of drug-likeness (QED) is 0.0598. The third kappa shape index (κ3) is 17.1. The van der Waals surface area contributed by atoms with Crippen LogP contribution in [0.15, 0.2) is 226 Å². The van der Waals surface area contributed by atoms with Crippen molar-refractivity contribution in [2.24, 2.45) is 17.8 Å². The lowest BCUT2D eigenvalue weighted by atomic mass is 9.70. The van der Waals surface area contributed by atoms with E-state index in [9.17, 15) is 15.0 Å². The van der Waals surface area contributed by atoms with E-state index in [-0.39, 0.29) is 28.0 Å². The predicted octanol–water partition coefficient (Wildman–Crippen LogP) is 17.9. The number of aryl methyl sites for hydroxylation is 4. The summed E-state index contributed by atoms with van der Waals surface area (Å²) in [6, 6.07) is 57.1. The fourth-order valence-corrected chi connectivity index (χ4v) is 13.8. The van der Waals surface area contributed by atoms with Crippen LogP contribution in [-0.4, -0.2) is 101 Å². The Kier molecular flexibility index (Phi) is 23.3. The van der Waals surface area contributed by atoms with E-state index < -0.39 is 11.2 Å². The van der Waals surface area contributed by atoms with E-state index in [2.05, 4.69) is 270 Å². The molecule has 21 heteroatoms. The molecule has 0 aliphatic rings. The van der Waals surface area contributed by atoms with Crippen LogP contribution in [0.5, 0.6) is 0 Å². The van der Waals surface area contributed by atoms with Crippen molar-refractivity contribution < 1.29 is 15.0 Å². The number of carbonyl (C=O) groups is 1. The smallest absolute Gasteiger partial charge is 0.234 e. The van der Waals surface area contributed by atoms with Gasteiger partial charge < -0.3 is 15.9 Å². The topological polar surface area (TPSA) is 287 Å². The molecule has 574 valence electrons. The lowest BCUT2D eigenvalue weighted by Crippen LogP contribution is -2.31. The van der Waals surface area contributed by atoms with Crippen molar-refractivity contribution in [1.29, 1.82) is 0 Å². The van der Waals surface area contributed by atoms with Crippen LogP contribution in [0.2, 0.25) is 0 Å². The number of anilines is 1. The van der Waals surface area contributed by atoms with Gasteiger partial charge >= 0.3 is 0 Å². The Morgan fingerprint density at radius 3 is 0.796 bits per heavy atom. The molecule has 0 radical (unpaired) electrons.